The summed E-state index contributed by atoms with van der Waals surface area (Å²) >= 11 is 0. The summed E-state index contributed by atoms with van der Waals surface area (Å²) in [5.41, 5.74) is 3.91. The Morgan fingerprint density at radius 2 is 1.80 bits per heavy atom. The molecular formula is C22H23NO2. The zero-order valence-electron chi connectivity index (χ0n) is 14.6. The second kappa shape index (κ2) is 6.40. The van der Waals surface area contributed by atoms with Crippen LogP contribution in [0, 0.1) is 6.92 Å². The number of carbonyl (C=O) groups excluding carboxylic acids is 1. The van der Waals surface area contributed by atoms with E-state index in [0.717, 1.165) is 37.2 Å². The minimum Gasteiger partial charge on any atom is -0.484 e. The SMILES string of the molecule is Cc1ccccc1OCC(=O)N1CCC2(C=Cc3ccccc32)CC1. The Labute approximate surface area is 148 Å². The highest BCUT2D eigenvalue weighted by atomic mass is 16.5. The van der Waals surface area contributed by atoms with E-state index < -0.39 is 0 Å². The number of ether oxygens (including phenoxy) is 1. The van der Waals surface area contributed by atoms with Gasteiger partial charge in [-0.15, -0.1) is 0 Å². The lowest BCUT2D eigenvalue weighted by Gasteiger charge is -2.39. The van der Waals surface area contributed by atoms with Crippen molar-refractivity contribution in [3.05, 3.63) is 71.3 Å². The summed E-state index contributed by atoms with van der Waals surface area (Å²) < 4.78 is 5.72. The van der Waals surface area contributed by atoms with Crippen molar-refractivity contribution in [2.75, 3.05) is 19.7 Å². The molecular weight excluding hydrogens is 310 g/mol. The first kappa shape index (κ1) is 15.9. The third-order valence-corrected chi connectivity index (χ3v) is 5.53. The second-order valence-electron chi connectivity index (χ2n) is 7.01. The number of likely N-dealkylation sites (tertiary alicyclic amines) is 1. The van der Waals surface area contributed by atoms with Gasteiger partial charge in [-0.1, -0.05) is 54.6 Å². The number of rotatable bonds is 3. The summed E-state index contributed by atoms with van der Waals surface area (Å²) in [5.74, 6) is 0.866. The quantitative estimate of drug-likeness (QED) is 0.851. The molecule has 2 aromatic carbocycles. The lowest BCUT2D eigenvalue weighted by Crippen LogP contribution is -2.45. The summed E-state index contributed by atoms with van der Waals surface area (Å²) in [6, 6.07) is 16.4. The van der Waals surface area contributed by atoms with Crippen LogP contribution in [0.25, 0.3) is 6.08 Å². The van der Waals surface area contributed by atoms with Crippen molar-refractivity contribution in [3.63, 3.8) is 0 Å². The zero-order valence-corrected chi connectivity index (χ0v) is 14.6. The third-order valence-electron chi connectivity index (χ3n) is 5.53. The first-order valence-corrected chi connectivity index (χ1v) is 8.93. The number of carbonyl (C=O) groups is 1. The number of hydrogen-bond acceptors (Lipinski definition) is 2. The van der Waals surface area contributed by atoms with Gasteiger partial charge in [0.25, 0.3) is 5.91 Å². The van der Waals surface area contributed by atoms with E-state index in [1.54, 1.807) is 0 Å². The van der Waals surface area contributed by atoms with Crippen LogP contribution in [0.2, 0.25) is 0 Å². The van der Waals surface area contributed by atoms with Crippen molar-refractivity contribution < 1.29 is 9.53 Å². The fourth-order valence-electron chi connectivity index (χ4n) is 3.98. The Balaban J connectivity index is 1.37. The highest BCUT2D eigenvalue weighted by Gasteiger charge is 2.38. The number of amides is 1. The molecule has 0 radical (unpaired) electrons. The Bertz CT molecular complexity index is 816. The average molecular weight is 333 g/mol. The number of piperidine rings is 1. The molecule has 1 aliphatic heterocycles. The normalized spacial score (nSPS) is 17.6. The molecule has 1 saturated heterocycles. The maximum Gasteiger partial charge on any atom is 0.260 e. The van der Waals surface area contributed by atoms with Crippen LogP contribution in [0.1, 0.15) is 29.5 Å². The van der Waals surface area contributed by atoms with Crippen molar-refractivity contribution in [1.82, 2.24) is 4.90 Å². The molecule has 0 atom stereocenters. The molecule has 0 saturated carbocycles. The van der Waals surface area contributed by atoms with E-state index in [4.69, 9.17) is 4.74 Å². The first-order chi connectivity index (χ1) is 12.2. The van der Waals surface area contributed by atoms with Crippen LogP contribution in [-0.2, 0) is 10.2 Å². The Morgan fingerprint density at radius 1 is 1.08 bits per heavy atom. The van der Waals surface area contributed by atoms with Gasteiger partial charge in [0.1, 0.15) is 5.75 Å². The molecule has 1 spiro atoms. The second-order valence-corrected chi connectivity index (χ2v) is 7.01. The summed E-state index contributed by atoms with van der Waals surface area (Å²) in [5, 5.41) is 0. The molecule has 3 heteroatoms. The van der Waals surface area contributed by atoms with Gasteiger partial charge in [0, 0.05) is 18.5 Å². The molecule has 2 aromatic rings. The minimum absolute atomic E-state index is 0.0772. The maximum atomic E-state index is 12.5. The van der Waals surface area contributed by atoms with Gasteiger partial charge in [-0.05, 0) is 42.5 Å². The van der Waals surface area contributed by atoms with Gasteiger partial charge >= 0.3 is 0 Å². The molecule has 128 valence electrons. The zero-order chi connectivity index (χ0) is 17.3. The van der Waals surface area contributed by atoms with E-state index in [1.807, 2.05) is 36.1 Å². The summed E-state index contributed by atoms with van der Waals surface area (Å²) in [6.07, 6.45) is 6.53. The van der Waals surface area contributed by atoms with Crippen LogP contribution in [0.15, 0.2) is 54.6 Å². The highest BCUT2D eigenvalue weighted by Crippen LogP contribution is 2.43. The van der Waals surface area contributed by atoms with Crippen molar-refractivity contribution in [2.45, 2.75) is 25.2 Å². The standard InChI is InChI=1S/C22H23NO2/c1-17-6-2-5-9-20(17)25-16-21(24)23-14-12-22(13-15-23)11-10-18-7-3-4-8-19(18)22/h2-11H,12-16H2,1H3. The number of hydrogen-bond donors (Lipinski definition) is 0. The van der Waals surface area contributed by atoms with Crippen LogP contribution in [-0.4, -0.2) is 30.5 Å². The van der Waals surface area contributed by atoms with Crippen molar-refractivity contribution in [3.8, 4) is 5.75 Å². The number of fused-ring (bicyclic) bond motifs is 2. The molecule has 2 aliphatic rings. The van der Waals surface area contributed by atoms with Gasteiger partial charge in [0.15, 0.2) is 6.61 Å². The molecule has 0 unspecified atom stereocenters. The van der Waals surface area contributed by atoms with Crippen LogP contribution >= 0.6 is 0 Å². The molecule has 0 aromatic heterocycles. The van der Waals surface area contributed by atoms with Gasteiger partial charge < -0.3 is 9.64 Å². The number of benzene rings is 2. The number of aryl methyl sites for hydroxylation is 1. The predicted molar refractivity (Wildman–Crippen MR) is 99.6 cm³/mol. The number of nitrogens with zero attached hydrogens (tertiary/aromatic N) is 1. The van der Waals surface area contributed by atoms with Crippen LogP contribution < -0.4 is 4.74 Å². The smallest absolute Gasteiger partial charge is 0.260 e. The van der Waals surface area contributed by atoms with Crippen molar-refractivity contribution in [1.29, 1.82) is 0 Å². The topological polar surface area (TPSA) is 29.5 Å². The minimum atomic E-state index is 0.0772. The van der Waals surface area contributed by atoms with Crippen LogP contribution in [0.4, 0.5) is 0 Å². The number of allylic oxidation sites excluding steroid dienone is 1. The van der Waals surface area contributed by atoms with Gasteiger partial charge in [-0.2, -0.15) is 0 Å². The van der Waals surface area contributed by atoms with Crippen LogP contribution in [0.3, 0.4) is 0 Å². The molecule has 0 N–H and O–H groups in total. The Hall–Kier alpha value is -2.55. The number of para-hydroxylation sites is 1. The fourth-order valence-corrected chi connectivity index (χ4v) is 3.98. The lowest BCUT2D eigenvalue weighted by molar-refractivity contribution is -0.134. The van der Waals surface area contributed by atoms with Crippen molar-refractivity contribution in [2.24, 2.45) is 0 Å². The third kappa shape index (κ3) is 2.95. The fraction of sp³-hybridized carbons (Fsp3) is 0.318. The monoisotopic (exact) mass is 333 g/mol. The van der Waals surface area contributed by atoms with Crippen molar-refractivity contribution >= 4 is 12.0 Å². The van der Waals surface area contributed by atoms with E-state index in [0.29, 0.717) is 0 Å². The molecule has 1 fully saturated rings. The van der Waals surface area contributed by atoms with E-state index in [9.17, 15) is 4.79 Å². The van der Waals surface area contributed by atoms with E-state index in [1.165, 1.54) is 11.1 Å². The highest BCUT2D eigenvalue weighted by molar-refractivity contribution is 5.78. The van der Waals surface area contributed by atoms with Crippen LogP contribution in [0.5, 0.6) is 5.75 Å². The molecule has 1 heterocycles. The van der Waals surface area contributed by atoms with Gasteiger partial charge in [0.2, 0.25) is 0 Å². The lowest BCUT2D eigenvalue weighted by atomic mass is 9.74. The molecule has 0 bridgehead atoms. The average Bonchev–Trinajstić information content (AvgIpc) is 3.00. The van der Waals surface area contributed by atoms with Gasteiger partial charge in [-0.3, -0.25) is 4.79 Å². The Kier molecular flexibility index (Phi) is 4.08. The van der Waals surface area contributed by atoms with E-state index in [2.05, 4.69) is 36.4 Å². The summed E-state index contributed by atoms with van der Waals surface area (Å²) in [4.78, 5) is 14.5. The first-order valence-electron chi connectivity index (χ1n) is 8.93. The predicted octanol–water partition coefficient (Wildman–Crippen LogP) is 3.96. The largest absolute Gasteiger partial charge is 0.484 e. The maximum absolute atomic E-state index is 12.5. The summed E-state index contributed by atoms with van der Waals surface area (Å²) in [6.45, 7) is 3.68. The van der Waals surface area contributed by atoms with E-state index in [-0.39, 0.29) is 17.9 Å². The molecule has 1 amide bonds. The molecule has 25 heavy (non-hydrogen) atoms. The Morgan fingerprint density at radius 3 is 2.60 bits per heavy atom. The molecule has 3 nitrogen and oxygen atoms in total. The summed E-state index contributed by atoms with van der Waals surface area (Å²) in [7, 11) is 0. The van der Waals surface area contributed by atoms with Gasteiger partial charge in [0.05, 0.1) is 0 Å². The molecule has 1 aliphatic carbocycles. The van der Waals surface area contributed by atoms with E-state index >= 15 is 0 Å². The molecule has 4 rings (SSSR count). The van der Waals surface area contributed by atoms with Gasteiger partial charge in [-0.25, -0.2) is 0 Å².